The Bertz CT molecular complexity index is 763. The van der Waals surface area contributed by atoms with Gasteiger partial charge in [-0.05, 0) is 18.2 Å². The molecule has 118 valence electrons. The molecule has 0 radical (unpaired) electrons. The van der Waals surface area contributed by atoms with Crippen LogP contribution in [0.5, 0.6) is 0 Å². The Balaban J connectivity index is 1.55. The number of rotatable bonds is 6. The van der Waals surface area contributed by atoms with Gasteiger partial charge in [0.25, 0.3) is 0 Å². The molecular formula is C17H16ClN3OS. The van der Waals surface area contributed by atoms with E-state index in [2.05, 4.69) is 15.3 Å². The summed E-state index contributed by atoms with van der Waals surface area (Å²) in [5, 5.41) is 14.9. The second-order valence-electron chi connectivity index (χ2n) is 5.01. The largest absolute Gasteiger partial charge is 0.387 e. The van der Waals surface area contributed by atoms with Crippen molar-refractivity contribution in [2.24, 2.45) is 0 Å². The Hall–Kier alpha value is -1.79. The fraction of sp³-hybridized carbons (Fsp3) is 0.176. The minimum absolute atomic E-state index is 0.431. The lowest BCUT2D eigenvalue weighted by Crippen LogP contribution is -2.20. The van der Waals surface area contributed by atoms with Crippen LogP contribution in [0.25, 0.3) is 10.7 Å². The molecule has 0 saturated heterocycles. The third-order valence-electron chi connectivity index (χ3n) is 3.34. The first-order valence-electron chi connectivity index (χ1n) is 7.23. The average molecular weight is 346 g/mol. The standard InChI is InChI=1S/C17H16ClN3OS/c18-14-6-2-1-5-13(14)16(22)11-19-9-12-10-21-17(23-12)15-7-3-4-8-20-15/h1-8,10,16,19,22H,9,11H2. The number of pyridine rings is 1. The van der Waals surface area contributed by atoms with E-state index >= 15 is 0 Å². The zero-order valence-electron chi connectivity index (χ0n) is 12.3. The number of aliphatic hydroxyl groups is 1. The molecule has 1 atom stereocenters. The molecule has 0 bridgehead atoms. The zero-order chi connectivity index (χ0) is 16.1. The first-order valence-corrected chi connectivity index (χ1v) is 8.43. The quantitative estimate of drug-likeness (QED) is 0.715. The van der Waals surface area contributed by atoms with Crippen molar-refractivity contribution in [2.45, 2.75) is 12.6 Å². The summed E-state index contributed by atoms with van der Waals surface area (Å²) in [7, 11) is 0. The Labute approximate surface area is 143 Å². The Morgan fingerprint density at radius 2 is 1.96 bits per heavy atom. The van der Waals surface area contributed by atoms with E-state index in [0.29, 0.717) is 18.1 Å². The number of nitrogens with zero attached hydrogens (tertiary/aromatic N) is 2. The van der Waals surface area contributed by atoms with Crippen LogP contribution in [0.4, 0.5) is 0 Å². The van der Waals surface area contributed by atoms with E-state index in [4.69, 9.17) is 11.6 Å². The molecule has 3 aromatic rings. The van der Waals surface area contributed by atoms with Crippen molar-refractivity contribution in [3.05, 3.63) is 70.3 Å². The summed E-state index contributed by atoms with van der Waals surface area (Å²) in [6.45, 7) is 1.08. The van der Waals surface area contributed by atoms with Crippen LogP contribution in [-0.4, -0.2) is 21.6 Å². The van der Waals surface area contributed by atoms with Crippen LogP contribution >= 0.6 is 22.9 Å². The van der Waals surface area contributed by atoms with E-state index in [1.54, 1.807) is 23.6 Å². The minimum atomic E-state index is -0.633. The maximum Gasteiger partial charge on any atom is 0.142 e. The van der Waals surface area contributed by atoms with Crippen LogP contribution in [0.15, 0.2) is 54.9 Å². The van der Waals surface area contributed by atoms with Crippen LogP contribution in [0.1, 0.15) is 16.5 Å². The Morgan fingerprint density at radius 3 is 2.74 bits per heavy atom. The Morgan fingerprint density at radius 1 is 1.13 bits per heavy atom. The van der Waals surface area contributed by atoms with Crippen molar-refractivity contribution in [3.63, 3.8) is 0 Å². The minimum Gasteiger partial charge on any atom is -0.387 e. The third kappa shape index (κ3) is 4.14. The van der Waals surface area contributed by atoms with E-state index in [0.717, 1.165) is 21.1 Å². The van der Waals surface area contributed by atoms with Gasteiger partial charge in [-0.25, -0.2) is 4.98 Å². The van der Waals surface area contributed by atoms with Gasteiger partial charge in [-0.3, -0.25) is 4.98 Å². The van der Waals surface area contributed by atoms with E-state index < -0.39 is 6.10 Å². The van der Waals surface area contributed by atoms with Crippen LogP contribution in [0, 0.1) is 0 Å². The number of hydrogen-bond donors (Lipinski definition) is 2. The van der Waals surface area contributed by atoms with Gasteiger partial charge in [0.05, 0.1) is 11.8 Å². The molecule has 4 nitrogen and oxygen atoms in total. The van der Waals surface area contributed by atoms with Gasteiger partial charge in [0.1, 0.15) is 5.01 Å². The molecule has 6 heteroatoms. The van der Waals surface area contributed by atoms with Crippen LogP contribution in [0.2, 0.25) is 5.02 Å². The number of hydrogen-bond acceptors (Lipinski definition) is 5. The predicted octanol–water partition coefficient (Wildman–Crippen LogP) is 3.68. The highest BCUT2D eigenvalue weighted by Gasteiger charge is 2.11. The highest BCUT2D eigenvalue weighted by Crippen LogP contribution is 2.24. The first-order chi connectivity index (χ1) is 11.2. The molecule has 0 aliphatic rings. The van der Waals surface area contributed by atoms with E-state index in [1.807, 2.05) is 42.6 Å². The summed E-state index contributed by atoms with van der Waals surface area (Å²) >= 11 is 7.68. The first kappa shape index (κ1) is 16.1. The molecule has 0 aliphatic carbocycles. The maximum atomic E-state index is 10.2. The summed E-state index contributed by atoms with van der Waals surface area (Å²) in [6.07, 6.45) is 2.96. The average Bonchev–Trinajstić information content (AvgIpc) is 3.05. The second kappa shape index (κ2) is 7.66. The lowest BCUT2D eigenvalue weighted by Gasteiger charge is -2.13. The molecule has 2 aromatic heterocycles. The lowest BCUT2D eigenvalue weighted by atomic mass is 10.1. The van der Waals surface area contributed by atoms with Crippen molar-refractivity contribution >= 4 is 22.9 Å². The van der Waals surface area contributed by atoms with Crippen LogP contribution < -0.4 is 5.32 Å². The van der Waals surface area contributed by atoms with Gasteiger partial charge in [-0.1, -0.05) is 35.9 Å². The van der Waals surface area contributed by atoms with E-state index in [9.17, 15) is 5.11 Å². The zero-order valence-corrected chi connectivity index (χ0v) is 13.9. The van der Waals surface area contributed by atoms with Gasteiger partial charge in [0.2, 0.25) is 0 Å². The molecule has 0 fully saturated rings. The molecule has 23 heavy (non-hydrogen) atoms. The molecule has 0 spiro atoms. The van der Waals surface area contributed by atoms with Gasteiger partial charge < -0.3 is 10.4 Å². The summed E-state index contributed by atoms with van der Waals surface area (Å²) in [5.41, 5.74) is 1.61. The molecule has 0 amide bonds. The molecule has 2 N–H and O–H groups in total. The highest BCUT2D eigenvalue weighted by molar-refractivity contribution is 7.14. The van der Waals surface area contributed by atoms with Crippen molar-refractivity contribution in [1.82, 2.24) is 15.3 Å². The summed E-state index contributed by atoms with van der Waals surface area (Å²) in [4.78, 5) is 9.78. The fourth-order valence-corrected chi connectivity index (χ4v) is 3.30. The second-order valence-corrected chi connectivity index (χ2v) is 6.54. The molecule has 2 heterocycles. The number of aromatic nitrogens is 2. The molecule has 0 saturated carbocycles. The molecular weight excluding hydrogens is 330 g/mol. The van der Waals surface area contributed by atoms with Gasteiger partial charge in [0, 0.05) is 40.9 Å². The topological polar surface area (TPSA) is 58.0 Å². The van der Waals surface area contributed by atoms with Crippen molar-refractivity contribution < 1.29 is 5.11 Å². The number of nitrogens with one attached hydrogen (secondary N) is 1. The molecule has 0 aliphatic heterocycles. The predicted molar refractivity (Wildman–Crippen MR) is 93.5 cm³/mol. The fourth-order valence-electron chi connectivity index (χ4n) is 2.18. The lowest BCUT2D eigenvalue weighted by molar-refractivity contribution is 0.174. The monoisotopic (exact) mass is 345 g/mol. The van der Waals surface area contributed by atoms with Crippen LogP contribution in [0.3, 0.4) is 0 Å². The van der Waals surface area contributed by atoms with Gasteiger partial charge in [-0.2, -0.15) is 0 Å². The summed E-state index contributed by atoms with van der Waals surface area (Å²) in [5.74, 6) is 0. The maximum absolute atomic E-state index is 10.2. The van der Waals surface area contributed by atoms with Gasteiger partial charge in [0.15, 0.2) is 0 Å². The highest BCUT2D eigenvalue weighted by atomic mass is 35.5. The van der Waals surface area contributed by atoms with Crippen LogP contribution in [-0.2, 0) is 6.54 Å². The van der Waals surface area contributed by atoms with Crippen molar-refractivity contribution in [2.75, 3.05) is 6.54 Å². The smallest absolute Gasteiger partial charge is 0.142 e. The number of halogens is 1. The van der Waals surface area contributed by atoms with E-state index in [-0.39, 0.29) is 0 Å². The van der Waals surface area contributed by atoms with Gasteiger partial charge in [-0.15, -0.1) is 11.3 Å². The number of benzene rings is 1. The SMILES string of the molecule is OC(CNCc1cnc(-c2ccccn2)s1)c1ccccc1Cl. The summed E-state index contributed by atoms with van der Waals surface area (Å²) in [6, 6.07) is 13.1. The molecule has 3 rings (SSSR count). The number of aliphatic hydroxyl groups excluding tert-OH is 1. The third-order valence-corrected chi connectivity index (χ3v) is 4.70. The number of thiazole rings is 1. The van der Waals surface area contributed by atoms with Crippen molar-refractivity contribution in [1.29, 1.82) is 0 Å². The summed E-state index contributed by atoms with van der Waals surface area (Å²) < 4.78 is 0. The van der Waals surface area contributed by atoms with Gasteiger partial charge >= 0.3 is 0 Å². The normalized spacial score (nSPS) is 12.3. The molecule has 1 aromatic carbocycles. The van der Waals surface area contributed by atoms with E-state index in [1.165, 1.54) is 0 Å². The molecule has 1 unspecified atom stereocenters. The van der Waals surface area contributed by atoms with Crippen molar-refractivity contribution in [3.8, 4) is 10.7 Å². The Kier molecular flexibility index (Phi) is 5.35.